The Kier molecular flexibility index (Phi) is 6.02. The number of anilines is 2. The van der Waals surface area contributed by atoms with E-state index in [9.17, 15) is 10.1 Å². The van der Waals surface area contributed by atoms with Crippen molar-refractivity contribution in [3.8, 4) is 17.7 Å². The lowest BCUT2D eigenvalue weighted by Gasteiger charge is -2.34. The predicted octanol–water partition coefficient (Wildman–Crippen LogP) is 3.61. The molecule has 3 heterocycles. The van der Waals surface area contributed by atoms with Crippen LogP contribution in [0.4, 0.5) is 11.6 Å². The maximum absolute atomic E-state index is 12.2. The molecular formula is C21H20ClN5O3. The Hall–Kier alpha value is -3.28. The molecular weight excluding hydrogens is 406 g/mol. The molecule has 0 radical (unpaired) electrons. The summed E-state index contributed by atoms with van der Waals surface area (Å²) in [7, 11) is 0. The zero-order valence-electron chi connectivity index (χ0n) is 16.2. The van der Waals surface area contributed by atoms with E-state index in [1.165, 1.54) is 6.26 Å². The molecule has 0 unspecified atom stereocenters. The van der Waals surface area contributed by atoms with Crippen LogP contribution in [0.1, 0.15) is 12.1 Å². The van der Waals surface area contributed by atoms with Gasteiger partial charge in [0.1, 0.15) is 6.07 Å². The van der Waals surface area contributed by atoms with Crippen molar-refractivity contribution in [3.63, 3.8) is 0 Å². The van der Waals surface area contributed by atoms with Crippen molar-refractivity contribution >= 4 is 29.1 Å². The Balaban J connectivity index is 1.29. The van der Waals surface area contributed by atoms with Gasteiger partial charge in [-0.2, -0.15) is 10.2 Å². The summed E-state index contributed by atoms with van der Waals surface area (Å²) in [5.74, 6) is 1.20. The highest BCUT2D eigenvalue weighted by Gasteiger charge is 2.25. The minimum absolute atomic E-state index is 0.0511. The molecule has 9 heteroatoms. The molecule has 0 aliphatic carbocycles. The molecule has 3 aromatic rings. The van der Waals surface area contributed by atoms with Crippen LogP contribution in [0.2, 0.25) is 5.02 Å². The van der Waals surface area contributed by atoms with Crippen LogP contribution in [0.5, 0.6) is 0 Å². The second-order valence-electron chi connectivity index (χ2n) is 6.90. The first-order valence-corrected chi connectivity index (χ1v) is 9.97. The van der Waals surface area contributed by atoms with E-state index in [0.717, 1.165) is 13.1 Å². The number of nitriles is 1. The third-order valence-electron chi connectivity index (χ3n) is 4.87. The van der Waals surface area contributed by atoms with E-state index < -0.39 is 0 Å². The van der Waals surface area contributed by atoms with Crippen LogP contribution in [0.25, 0.3) is 11.7 Å². The second kappa shape index (κ2) is 9.03. The van der Waals surface area contributed by atoms with E-state index in [0.29, 0.717) is 54.3 Å². The normalized spacial score (nSPS) is 14.5. The molecule has 8 nitrogen and oxygen atoms in total. The molecule has 1 amide bonds. The molecule has 1 aliphatic heterocycles. The molecule has 2 aromatic heterocycles. The quantitative estimate of drug-likeness (QED) is 0.644. The third kappa shape index (κ3) is 4.64. The summed E-state index contributed by atoms with van der Waals surface area (Å²) in [5, 5.41) is 12.8. The van der Waals surface area contributed by atoms with Gasteiger partial charge in [0.2, 0.25) is 17.5 Å². The average Bonchev–Trinajstić information content (AvgIpc) is 3.42. The largest absolute Gasteiger partial charge is 0.459 e. The lowest BCUT2D eigenvalue weighted by Crippen LogP contribution is -2.47. The van der Waals surface area contributed by atoms with Crippen LogP contribution < -0.4 is 10.2 Å². The number of halogens is 1. The number of nitrogens with one attached hydrogen (secondary N) is 1. The number of carbonyl (C=O) groups excluding carboxylic acids is 1. The fourth-order valence-electron chi connectivity index (χ4n) is 3.33. The lowest BCUT2D eigenvalue weighted by atomic mass is 10.2. The van der Waals surface area contributed by atoms with Gasteiger partial charge in [-0.25, -0.2) is 0 Å². The van der Waals surface area contributed by atoms with Gasteiger partial charge in [-0.1, -0.05) is 17.7 Å². The van der Waals surface area contributed by atoms with Crippen molar-refractivity contribution in [2.24, 2.45) is 0 Å². The van der Waals surface area contributed by atoms with Gasteiger partial charge in [-0.15, -0.1) is 0 Å². The average molecular weight is 426 g/mol. The maximum atomic E-state index is 12.2. The van der Waals surface area contributed by atoms with Gasteiger partial charge in [-0.3, -0.25) is 9.69 Å². The number of furan rings is 1. The number of nitrogens with zero attached hydrogens (tertiary/aromatic N) is 4. The second-order valence-corrected chi connectivity index (χ2v) is 7.34. The highest BCUT2D eigenvalue weighted by molar-refractivity contribution is 6.30. The summed E-state index contributed by atoms with van der Waals surface area (Å²) in [6.45, 7) is 3.52. The van der Waals surface area contributed by atoms with Gasteiger partial charge >= 0.3 is 0 Å². The summed E-state index contributed by atoms with van der Waals surface area (Å²) in [6, 6.07) is 12.7. The highest BCUT2D eigenvalue weighted by atomic mass is 35.5. The van der Waals surface area contributed by atoms with Gasteiger partial charge in [0, 0.05) is 49.9 Å². The van der Waals surface area contributed by atoms with Crippen molar-refractivity contribution in [2.75, 3.05) is 42.9 Å². The third-order valence-corrected chi connectivity index (χ3v) is 5.11. The number of hydrogen-bond donors (Lipinski definition) is 1. The fraction of sp³-hybridized carbons (Fsp3) is 0.286. The fourth-order valence-corrected chi connectivity index (χ4v) is 3.52. The van der Waals surface area contributed by atoms with E-state index in [4.69, 9.17) is 20.4 Å². The van der Waals surface area contributed by atoms with Crippen LogP contribution in [0, 0.1) is 11.3 Å². The molecule has 30 heavy (non-hydrogen) atoms. The lowest BCUT2D eigenvalue weighted by molar-refractivity contribution is -0.116. The topological polar surface area (TPSA) is 98.5 Å². The smallest absolute Gasteiger partial charge is 0.266 e. The number of aromatic nitrogens is 1. The molecule has 0 saturated carbocycles. The number of rotatable bonds is 6. The van der Waals surface area contributed by atoms with E-state index in [1.54, 1.807) is 30.3 Å². The molecule has 1 aliphatic rings. The molecule has 0 spiro atoms. The number of amides is 1. The SMILES string of the molecule is N#Cc1nc(-c2ccco2)oc1N1CCN(CCC(=O)Nc2cccc(Cl)c2)CC1. The molecule has 1 saturated heterocycles. The van der Waals surface area contributed by atoms with Gasteiger partial charge < -0.3 is 19.1 Å². The number of oxazole rings is 1. The minimum atomic E-state index is -0.0511. The Morgan fingerprint density at radius 2 is 2.07 bits per heavy atom. The van der Waals surface area contributed by atoms with Gasteiger partial charge in [-0.05, 0) is 30.3 Å². The first-order chi connectivity index (χ1) is 14.6. The summed E-state index contributed by atoms with van der Waals surface area (Å²) in [5.41, 5.74) is 0.940. The first kappa shape index (κ1) is 20.0. The van der Waals surface area contributed by atoms with Crippen molar-refractivity contribution in [3.05, 3.63) is 53.4 Å². The van der Waals surface area contributed by atoms with Crippen LogP contribution in [0.15, 0.2) is 51.5 Å². The summed E-state index contributed by atoms with van der Waals surface area (Å²) >= 11 is 5.94. The van der Waals surface area contributed by atoms with Crippen molar-refractivity contribution in [1.82, 2.24) is 9.88 Å². The predicted molar refractivity (Wildman–Crippen MR) is 112 cm³/mol. The molecule has 1 fully saturated rings. The Bertz CT molecular complexity index is 1050. The van der Waals surface area contributed by atoms with E-state index in [-0.39, 0.29) is 11.6 Å². The number of carbonyl (C=O) groups is 1. The first-order valence-electron chi connectivity index (χ1n) is 9.60. The van der Waals surface area contributed by atoms with E-state index >= 15 is 0 Å². The van der Waals surface area contributed by atoms with Crippen LogP contribution in [-0.2, 0) is 4.79 Å². The van der Waals surface area contributed by atoms with Crippen LogP contribution >= 0.6 is 11.6 Å². The molecule has 1 N–H and O–H groups in total. The Morgan fingerprint density at radius 1 is 1.23 bits per heavy atom. The molecule has 1 aromatic carbocycles. The summed E-state index contributed by atoms with van der Waals surface area (Å²) < 4.78 is 11.1. The van der Waals surface area contributed by atoms with Crippen molar-refractivity contribution in [1.29, 1.82) is 5.26 Å². The number of hydrogen-bond acceptors (Lipinski definition) is 7. The van der Waals surface area contributed by atoms with Gasteiger partial charge in [0.25, 0.3) is 5.89 Å². The zero-order chi connectivity index (χ0) is 20.9. The van der Waals surface area contributed by atoms with E-state index in [1.807, 2.05) is 11.0 Å². The number of benzene rings is 1. The van der Waals surface area contributed by atoms with Gasteiger partial charge in [0.05, 0.1) is 6.26 Å². The Labute approximate surface area is 178 Å². The monoisotopic (exact) mass is 425 g/mol. The van der Waals surface area contributed by atoms with Gasteiger partial charge in [0.15, 0.2) is 5.76 Å². The van der Waals surface area contributed by atoms with Crippen molar-refractivity contribution in [2.45, 2.75) is 6.42 Å². The summed E-state index contributed by atoms with van der Waals surface area (Å²) in [4.78, 5) is 20.6. The molecule has 0 atom stereocenters. The zero-order valence-corrected chi connectivity index (χ0v) is 16.9. The van der Waals surface area contributed by atoms with Crippen LogP contribution in [0.3, 0.4) is 0 Å². The minimum Gasteiger partial charge on any atom is -0.459 e. The Morgan fingerprint density at radius 3 is 2.77 bits per heavy atom. The number of piperazine rings is 1. The summed E-state index contributed by atoms with van der Waals surface area (Å²) in [6.07, 6.45) is 1.92. The standard InChI is InChI=1S/C21H20ClN5O3/c22-15-3-1-4-16(13-15)24-19(28)6-7-26-8-10-27(11-9-26)21-17(14-23)25-20(30-21)18-5-2-12-29-18/h1-5,12-13H,6-11H2,(H,24,28). The van der Waals surface area contributed by atoms with Crippen LogP contribution in [-0.4, -0.2) is 48.5 Å². The highest BCUT2D eigenvalue weighted by Crippen LogP contribution is 2.29. The maximum Gasteiger partial charge on any atom is 0.266 e. The molecule has 4 rings (SSSR count). The molecule has 0 bridgehead atoms. The van der Waals surface area contributed by atoms with Crippen molar-refractivity contribution < 1.29 is 13.6 Å². The van der Waals surface area contributed by atoms with E-state index in [2.05, 4.69) is 21.3 Å². The molecule has 154 valence electrons.